The third-order valence-electron chi connectivity index (χ3n) is 4.20. The van der Waals surface area contributed by atoms with Crippen molar-refractivity contribution in [2.75, 3.05) is 59.5 Å². The minimum Gasteiger partial charge on any atom is -0.494 e. The zero-order valence-corrected chi connectivity index (χ0v) is 13.8. The van der Waals surface area contributed by atoms with Gasteiger partial charge in [0.05, 0.1) is 13.2 Å². The summed E-state index contributed by atoms with van der Waals surface area (Å²) in [5.41, 5.74) is 1.28. The molecule has 0 bridgehead atoms. The summed E-state index contributed by atoms with van der Waals surface area (Å²) in [5, 5.41) is 12.7. The first-order valence-electron chi connectivity index (χ1n) is 8.21. The number of ether oxygens (including phenoxy) is 1. The Hall–Kier alpha value is -1.14. The summed E-state index contributed by atoms with van der Waals surface area (Å²) >= 11 is 0. The number of hydrogen-bond donors (Lipinski definition) is 2. The fourth-order valence-electron chi connectivity index (χ4n) is 2.90. The minimum atomic E-state index is 0.186. The van der Waals surface area contributed by atoms with Crippen LogP contribution in [0.3, 0.4) is 0 Å². The van der Waals surface area contributed by atoms with Crippen molar-refractivity contribution in [1.29, 1.82) is 0 Å². The molecule has 0 aromatic heterocycles. The highest BCUT2D eigenvalue weighted by molar-refractivity contribution is 5.29. The molecule has 1 aromatic carbocycles. The van der Waals surface area contributed by atoms with Gasteiger partial charge in [0, 0.05) is 45.3 Å². The van der Waals surface area contributed by atoms with E-state index in [4.69, 9.17) is 4.74 Å². The molecule has 2 rings (SSSR count). The molecule has 0 amide bonds. The maximum absolute atomic E-state index is 9.27. The van der Waals surface area contributed by atoms with Gasteiger partial charge in [-0.15, -0.1) is 0 Å². The number of aliphatic hydroxyl groups excluding tert-OH is 1. The van der Waals surface area contributed by atoms with E-state index in [1.165, 1.54) is 5.56 Å². The molecule has 1 aliphatic heterocycles. The maximum Gasteiger partial charge on any atom is 0.119 e. The first kappa shape index (κ1) is 17.2. The smallest absolute Gasteiger partial charge is 0.119 e. The van der Waals surface area contributed by atoms with Crippen LogP contribution >= 0.6 is 0 Å². The van der Waals surface area contributed by atoms with Gasteiger partial charge in [0.15, 0.2) is 0 Å². The molecule has 1 heterocycles. The van der Waals surface area contributed by atoms with Gasteiger partial charge in [0.25, 0.3) is 0 Å². The van der Waals surface area contributed by atoms with Crippen molar-refractivity contribution in [3.05, 3.63) is 29.8 Å². The summed E-state index contributed by atoms with van der Waals surface area (Å²) in [7, 11) is 2.08. The zero-order chi connectivity index (χ0) is 15.8. The number of piperazine rings is 1. The van der Waals surface area contributed by atoms with Crippen molar-refractivity contribution in [3.8, 4) is 5.75 Å². The molecule has 5 nitrogen and oxygen atoms in total. The Morgan fingerprint density at radius 3 is 2.55 bits per heavy atom. The van der Waals surface area contributed by atoms with Crippen molar-refractivity contribution >= 4 is 0 Å². The van der Waals surface area contributed by atoms with Crippen LogP contribution < -0.4 is 10.1 Å². The predicted octanol–water partition coefficient (Wildman–Crippen LogP) is 0.956. The lowest BCUT2D eigenvalue weighted by Gasteiger charge is -2.35. The van der Waals surface area contributed by atoms with Crippen molar-refractivity contribution in [2.24, 2.45) is 0 Å². The lowest BCUT2D eigenvalue weighted by molar-refractivity contribution is 0.130. The monoisotopic (exact) mass is 307 g/mol. The molecule has 1 fully saturated rings. The van der Waals surface area contributed by atoms with Crippen LogP contribution in [-0.2, 0) is 0 Å². The molecule has 0 saturated carbocycles. The van der Waals surface area contributed by atoms with Crippen LogP contribution in [0.4, 0.5) is 0 Å². The molecule has 1 saturated heterocycles. The summed E-state index contributed by atoms with van der Waals surface area (Å²) in [5.74, 6) is 0.914. The summed E-state index contributed by atoms with van der Waals surface area (Å²) in [4.78, 5) is 4.73. The van der Waals surface area contributed by atoms with Crippen molar-refractivity contribution in [3.63, 3.8) is 0 Å². The van der Waals surface area contributed by atoms with E-state index in [-0.39, 0.29) is 6.61 Å². The van der Waals surface area contributed by atoms with Gasteiger partial charge in [-0.3, -0.25) is 9.80 Å². The molecule has 1 aliphatic rings. The van der Waals surface area contributed by atoms with Gasteiger partial charge in [-0.25, -0.2) is 0 Å². The number of nitrogens with one attached hydrogen (secondary N) is 1. The summed E-state index contributed by atoms with van der Waals surface area (Å²) in [6, 6.07) is 8.66. The fraction of sp³-hybridized carbons (Fsp3) is 0.647. The molecule has 1 unspecified atom stereocenters. The largest absolute Gasteiger partial charge is 0.494 e. The van der Waals surface area contributed by atoms with Gasteiger partial charge >= 0.3 is 0 Å². The van der Waals surface area contributed by atoms with E-state index < -0.39 is 0 Å². The van der Waals surface area contributed by atoms with Gasteiger partial charge < -0.3 is 15.2 Å². The SMILES string of the molecule is CCOc1ccc(C(CN2CCNCC2)N(C)CCO)cc1. The second-order valence-electron chi connectivity index (χ2n) is 5.77. The number of benzene rings is 1. The van der Waals surface area contributed by atoms with E-state index in [1.807, 2.05) is 19.1 Å². The first-order chi connectivity index (χ1) is 10.7. The third kappa shape index (κ3) is 4.95. The van der Waals surface area contributed by atoms with Gasteiger partial charge in [0.1, 0.15) is 5.75 Å². The molecule has 5 heteroatoms. The summed E-state index contributed by atoms with van der Waals surface area (Å²) in [6.07, 6.45) is 0. The molecule has 0 spiro atoms. The highest BCUT2D eigenvalue weighted by atomic mass is 16.5. The average molecular weight is 307 g/mol. The Morgan fingerprint density at radius 1 is 1.27 bits per heavy atom. The lowest BCUT2D eigenvalue weighted by Crippen LogP contribution is -2.47. The summed E-state index contributed by atoms with van der Waals surface area (Å²) in [6.45, 7) is 8.83. The number of rotatable bonds is 8. The van der Waals surface area contributed by atoms with Gasteiger partial charge in [-0.1, -0.05) is 12.1 Å². The second kappa shape index (κ2) is 9.10. The van der Waals surface area contributed by atoms with Gasteiger partial charge in [-0.05, 0) is 31.7 Å². The third-order valence-corrected chi connectivity index (χ3v) is 4.20. The van der Waals surface area contributed by atoms with Gasteiger partial charge in [0.2, 0.25) is 0 Å². The van der Waals surface area contributed by atoms with Crippen molar-refractivity contribution < 1.29 is 9.84 Å². The van der Waals surface area contributed by atoms with Crippen LogP contribution in [-0.4, -0.2) is 74.4 Å². The summed E-state index contributed by atoms with van der Waals surface area (Å²) < 4.78 is 5.53. The van der Waals surface area contributed by atoms with Crippen LogP contribution in [0.2, 0.25) is 0 Å². The Bertz CT molecular complexity index is 418. The molecule has 0 aliphatic carbocycles. The van der Waals surface area contributed by atoms with E-state index in [9.17, 15) is 5.11 Å². The van der Waals surface area contributed by atoms with Crippen molar-refractivity contribution in [2.45, 2.75) is 13.0 Å². The molecule has 1 atom stereocenters. The maximum atomic E-state index is 9.27. The van der Waals surface area contributed by atoms with Crippen LogP contribution in [0, 0.1) is 0 Å². The Labute approximate surface area is 133 Å². The molecular formula is C17H29N3O2. The highest BCUT2D eigenvalue weighted by Crippen LogP contribution is 2.23. The molecule has 0 radical (unpaired) electrons. The molecule has 22 heavy (non-hydrogen) atoms. The van der Waals surface area contributed by atoms with E-state index >= 15 is 0 Å². The number of hydrogen-bond acceptors (Lipinski definition) is 5. The van der Waals surface area contributed by atoms with Crippen molar-refractivity contribution in [1.82, 2.24) is 15.1 Å². The molecule has 124 valence electrons. The predicted molar refractivity (Wildman–Crippen MR) is 89.4 cm³/mol. The molecule has 1 aromatic rings. The van der Waals surface area contributed by atoms with E-state index in [2.05, 4.69) is 34.3 Å². The van der Waals surface area contributed by atoms with Gasteiger partial charge in [-0.2, -0.15) is 0 Å². The Kier molecular flexibility index (Phi) is 7.12. The second-order valence-corrected chi connectivity index (χ2v) is 5.77. The first-order valence-corrected chi connectivity index (χ1v) is 8.21. The number of aliphatic hydroxyl groups is 1. The van der Waals surface area contributed by atoms with E-state index in [0.29, 0.717) is 19.2 Å². The highest BCUT2D eigenvalue weighted by Gasteiger charge is 2.21. The average Bonchev–Trinajstić information content (AvgIpc) is 2.55. The fourth-order valence-corrected chi connectivity index (χ4v) is 2.90. The van der Waals surface area contributed by atoms with Crippen LogP contribution in [0.15, 0.2) is 24.3 Å². The standard InChI is InChI=1S/C17H29N3O2/c1-3-22-16-6-4-15(5-7-16)17(19(2)12-13-21)14-20-10-8-18-9-11-20/h4-7,17-18,21H,3,8-14H2,1-2H3. The normalized spacial score (nSPS) is 17.6. The Balaban J connectivity index is 2.08. The van der Waals surface area contributed by atoms with E-state index in [1.54, 1.807) is 0 Å². The Morgan fingerprint density at radius 2 is 1.95 bits per heavy atom. The zero-order valence-electron chi connectivity index (χ0n) is 13.8. The number of likely N-dealkylation sites (N-methyl/N-ethyl adjacent to an activating group) is 1. The quantitative estimate of drug-likeness (QED) is 0.749. The van der Waals surface area contributed by atoms with Crippen LogP contribution in [0.1, 0.15) is 18.5 Å². The van der Waals surface area contributed by atoms with Crippen LogP contribution in [0.25, 0.3) is 0 Å². The minimum absolute atomic E-state index is 0.186. The topological polar surface area (TPSA) is 48.0 Å². The van der Waals surface area contributed by atoms with E-state index in [0.717, 1.165) is 38.5 Å². The van der Waals surface area contributed by atoms with Crippen LogP contribution in [0.5, 0.6) is 5.75 Å². The molecule has 2 N–H and O–H groups in total. The lowest BCUT2D eigenvalue weighted by atomic mass is 10.0. The number of nitrogens with zero attached hydrogens (tertiary/aromatic N) is 2. The molecular weight excluding hydrogens is 278 g/mol.